The Kier molecular flexibility index (Phi) is 66.3. The average Bonchev–Trinajstić information content (AvgIpc) is 4.11. The van der Waals surface area contributed by atoms with Crippen LogP contribution in [-0.2, 0) is 43.0 Å². The SMILES string of the molecule is C.C=C=C(CN(CC(=O)C=C)CC(=O)OCCCCCCCC)OCCCCCCCC.C=CC(=O)CC.CCC.CCCCCCCC/C=C\C(=O)CCCC(=O)O[C@H]1CCN(C(=O)CC2CCN(C)C2)C1.CCCCCCCCC. The van der Waals surface area contributed by atoms with Gasteiger partial charge in [-0.3, -0.25) is 33.7 Å². The number of likely N-dealkylation sites (tertiary alicyclic amines) is 2. The molecule has 2 heterocycles. The zero-order valence-electron chi connectivity index (χ0n) is 54.0. The van der Waals surface area contributed by atoms with Crippen LogP contribution < -0.4 is 0 Å². The minimum Gasteiger partial charge on any atom is -0.489 e. The number of hydrogen-bond donors (Lipinski definition) is 0. The van der Waals surface area contributed by atoms with Gasteiger partial charge < -0.3 is 24.0 Å². The van der Waals surface area contributed by atoms with E-state index in [4.69, 9.17) is 14.2 Å². The molecule has 1 amide bonds. The molecule has 0 aliphatic carbocycles. The highest BCUT2D eigenvalue weighted by atomic mass is 16.5. The summed E-state index contributed by atoms with van der Waals surface area (Å²) in [4.78, 5) is 76.5. The number of unbranched alkanes of at least 4 members (excludes halogenated alkanes) is 22. The molecule has 0 aromatic carbocycles. The quantitative estimate of drug-likeness (QED) is 0.0189. The van der Waals surface area contributed by atoms with Gasteiger partial charge in [0.25, 0.3) is 0 Å². The molecule has 0 radical (unpaired) electrons. The van der Waals surface area contributed by atoms with E-state index in [-0.39, 0.29) is 68.2 Å². The lowest BCUT2D eigenvalue weighted by Crippen LogP contribution is -2.36. The first-order valence-corrected chi connectivity index (χ1v) is 32.7. The van der Waals surface area contributed by atoms with E-state index < -0.39 is 0 Å². The number of carbonyl (C=O) groups excluding carboxylic acids is 6. The minimum absolute atomic E-state index is 0. The fraction of sp³-hybridized carbons (Fsp3) is 0.786. The third-order valence-corrected chi connectivity index (χ3v) is 13.9. The molecule has 0 N–H and O–H groups in total. The number of hydrogen-bond acceptors (Lipinski definition) is 11. The normalized spacial score (nSPS) is 14.2. The van der Waals surface area contributed by atoms with E-state index in [0.29, 0.717) is 76.6 Å². The smallest absolute Gasteiger partial charge is 0.320 e. The summed E-state index contributed by atoms with van der Waals surface area (Å²) < 4.78 is 16.7. The number of ether oxygens (including phenoxy) is 3. The van der Waals surface area contributed by atoms with E-state index in [1.165, 1.54) is 147 Å². The van der Waals surface area contributed by atoms with E-state index in [1.807, 2.05) is 17.9 Å². The first-order valence-electron chi connectivity index (χ1n) is 32.7. The molecule has 0 saturated carbocycles. The van der Waals surface area contributed by atoms with Gasteiger partial charge in [0.1, 0.15) is 6.10 Å². The van der Waals surface area contributed by atoms with Crippen LogP contribution in [0.25, 0.3) is 0 Å². The highest BCUT2D eigenvalue weighted by Crippen LogP contribution is 2.22. The van der Waals surface area contributed by atoms with Gasteiger partial charge >= 0.3 is 11.9 Å². The van der Waals surface area contributed by atoms with Gasteiger partial charge in [0.05, 0.1) is 39.4 Å². The Morgan fingerprint density at radius 3 is 1.49 bits per heavy atom. The zero-order valence-corrected chi connectivity index (χ0v) is 54.0. The summed E-state index contributed by atoms with van der Waals surface area (Å²) >= 11 is 0. The second-order valence-corrected chi connectivity index (χ2v) is 22.2. The summed E-state index contributed by atoms with van der Waals surface area (Å²) in [5.41, 5.74) is 2.80. The van der Waals surface area contributed by atoms with Crippen molar-refractivity contribution in [3.63, 3.8) is 0 Å². The molecule has 12 heteroatoms. The Morgan fingerprint density at radius 1 is 0.549 bits per heavy atom. The van der Waals surface area contributed by atoms with Crippen molar-refractivity contribution in [1.82, 2.24) is 14.7 Å². The van der Waals surface area contributed by atoms with Crippen molar-refractivity contribution in [2.24, 2.45) is 5.92 Å². The van der Waals surface area contributed by atoms with Gasteiger partial charge in [-0.15, -0.1) is 0 Å². The fourth-order valence-corrected chi connectivity index (χ4v) is 8.97. The molecule has 2 aliphatic heterocycles. The maximum Gasteiger partial charge on any atom is 0.320 e. The van der Waals surface area contributed by atoms with Crippen LogP contribution in [-0.4, -0.2) is 122 Å². The number of esters is 2. The van der Waals surface area contributed by atoms with Crippen LogP contribution in [0.4, 0.5) is 0 Å². The lowest BCUT2D eigenvalue weighted by molar-refractivity contribution is -0.149. The molecular formula is C70H129N3O9. The molecule has 2 fully saturated rings. The van der Waals surface area contributed by atoms with Gasteiger partial charge in [0.2, 0.25) is 5.91 Å². The van der Waals surface area contributed by atoms with Crippen LogP contribution in [0.3, 0.4) is 0 Å². The lowest BCUT2D eigenvalue weighted by atomic mass is 10.0. The van der Waals surface area contributed by atoms with E-state index in [0.717, 1.165) is 58.0 Å². The molecule has 0 bridgehead atoms. The van der Waals surface area contributed by atoms with E-state index >= 15 is 0 Å². The standard InChI is InChI=1S/C26H44N2O4.C26H45NO4.C9H20.C5H8O.C3H8.CH4/c1-3-4-5-6-7-8-9-10-12-23(29)13-11-14-26(31)32-24-16-18-28(21-24)25(30)19-22-15-17-27(2)20-22;1-5-9-11-13-15-17-19-30-25(8-4)22-27(21-24(28)7-3)23-26(29)31-20-18-16-14-12-10-6-2;1-3-5-7-9-8-6-4-2;1-3-5(6)4-2;1-3-2;/h10,12,22,24H,3-9,11,13-21H2,1-2H3;7H,3-6,9-23H2,1-2H3;3-9H2,1-2H3;3H,1,4H2,2H3;3H2,1-2H3;1H4/b12-10-;;;;;/t22?,24-;;;;;/m0...../s1. The number of nitrogens with zero attached hydrogens (tertiary/aromatic N) is 3. The Morgan fingerprint density at radius 2 is 1.04 bits per heavy atom. The predicted octanol–water partition coefficient (Wildman–Crippen LogP) is 17.5. The van der Waals surface area contributed by atoms with E-state index in [1.54, 1.807) is 11.0 Å². The van der Waals surface area contributed by atoms with Crippen molar-refractivity contribution in [3.8, 4) is 0 Å². The number of amides is 1. The van der Waals surface area contributed by atoms with Crippen molar-refractivity contribution in [3.05, 3.63) is 55.5 Å². The summed E-state index contributed by atoms with van der Waals surface area (Å²) in [5.74, 6) is 0.634. The molecule has 0 spiro atoms. The van der Waals surface area contributed by atoms with Crippen LogP contribution in [0.5, 0.6) is 0 Å². The van der Waals surface area contributed by atoms with Crippen LogP contribution in [0.2, 0.25) is 0 Å². The molecule has 2 rings (SSSR count). The molecule has 1 unspecified atom stereocenters. The lowest BCUT2D eigenvalue weighted by Gasteiger charge is -2.21. The van der Waals surface area contributed by atoms with Crippen LogP contribution in [0.15, 0.2) is 55.5 Å². The molecule has 2 aliphatic rings. The summed E-state index contributed by atoms with van der Waals surface area (Å²) in [6.45, 7) is 32.3. The molecule has 12 nitrogen and oxygen atoms in total. The van der Waals surface area contributed by atoms with Crippen LogP contribution >= 0.6 is 0 Å². The molecule has 82 heavy (non-hydrogen) atoms. The van der Waals surface area contributed by atoms with E-state index in [2.05, 4.69) is 85.9 Å². The maximum atomic E-state index is 12.5. The van der Waals surface area contributed by atoms with Crippen molar-refractivity contribution in [2.45, 2.75) is 287 Å². The van der Waals surface area contributed by atoms with Gasteiger partial charge in [0, 0.05) is 45.2 Å². The zero-order chi connectivity index (χ0) is 61.0. The van der Waals surface area contributed by atoms with E-state index in [9.17, 15) is 28.8 Å². The van der Waals surface area contributed by atoms with Crippen LogP contribution in [0, 0.1) is 5.92 Å². The second-order valence-electron chi connectivity index (χ2n) is 22.2. The Labute approximate surface area is 505 Å². The average molecular weight is 1160 g/mol. The van der Waals surface area contributed by atoms with Crippen molar-refractivity contribution < 1.29 is 43.0 Å². The summed E-state index contributed by atoms with van der Waals surface area (Å²) in [6, 6.07) is 0. The molecule has 2 saturated heterocycles. The van der Waals surface area contributed by atoms with Crippen molar-refractivity contribution >= 4 is 35.2 Å². The topological polar surface area (TPSA) is 140 Å². The van der Waals surface area contributed by atoms with Gasteiger partial charge in [-0.1, -0.05) is 242 Å². The first-order chi connectivity index (χ1) is 39.2. The molecule has 0 aromatic heterocycles. The van der Waals surface area contributed by atoms with Crippen LogP contribution in [0.1, 0.15) is 281 Å². The highest BCUT2D eigenvalue weighted by molar-refractivity contribution is 5.91. The van der Waals surface area contributed by atoms with Gasteiger partial charge in [-0.05, 0) is 76.3 Å². The number of rotatable bonds is 45. The summed E-state index contributed by atoms with van der Waals surface area (Å²) in [6.07, 6.45) is 43.8. The fourth-order valence-electron chi connectivity index (χ4n) is 8.97. The molecule has 0 aromatic rings. The Bertz CT molecular complexity index is 1650. The third-order valence-electron chi connectivity index (χ3n) is 13.9. The van der Waals surface area contributed by atoms with Crippen molar-refractivity contribution in [2.75, 3.05) is 66.1 Å². The number of carbonyl (C=O) groups is 6. The maximum absolute atomic E-state index is 12.5. The Hall–Kier alpha value is -4.12. The molecule has 2 atom stereocenters. The van der Waals surface area contributed by atoms with Gasteiger partial charge in [-0.2, -0.15) is 0 Å². The number of ketones is 3. The third kappa shape index (κ3) is 57.7. The Balaban J connectivity index is -0.000000565. The van der Waals surface area contributed by atoms with Gasteiger partial charge in [-0.25, -0.2) is 0 Å². The summed E-state index contributed by atoms with van der Waals surface area (Å²) in [5, 5.41) is 0. The predicted molar refractivity (Wildman–Crippen MR) is 347 cm³/mol. The van der Waals surface area contributed by atoms with Gasteiger partial charge in [0.15, 0.2) is 23.1 Å². The second kappa shape index (κ2) is 64.4. The molecular weight excluding hydrogens is 1030 g/mol. The first kappa shape index (κ1) is 84.3. The minimum atomic E-state index is -0.329. The number of allylic oxidation sites excluding steroid dienone is 3. The molecule has 478 valence electrons. The van der Waals surface area contributed by atoms with Crippen molar-refractivity contribution in [1.29, 1.82) is 0 Å². The monoisotopic (exact) mass is 1160 g/mol. The largest absolute Gasteiger partial charge is 0.489 e. The highest BCUT2D eigenvalue weighted by Gasteiger charge is 2.31. The summed E-state index contributed by atoms with van der Waals surface area (Å²) in [7, 11) is 2.09.